The second-order valence-corrected chi connectivity index (χ2v) is 24.0. The van der Waals surface area contributed by atoms with Crippen LogP contribution in [0.1, 0.15) is 13.8 Å². The van der Waals surface area contributed by atoms with Crippen molar-refractivity contribution in [3.63, 3.8) is 0 Å². The topological polar surface area (TPSA) is 90.6 Å². The zero-order valence-electron chi connectivity index (χ0n) is 51.5. The molecule has 0 saturated carbocycles. The molecule has 0 aliphatic rings. The number of anilines is 9. The largest absolute Gasteiger partial charge is 0.504 e. The van der Waals surface area contributed by atoms with Crippen LogP contribution in [0.15, 0.2) is 335 Å². The van der Waals surface area contributed by atoms with E-state index in [1.54, 1.807) is 12.2 Å². The number of fused-ring (bicyclic) bond motifs is 8. The van der Waals surface area contributed by atoms with Crippen LogP contribution in [0.3, 0.4) is 0 Å². The molecule has 2 heterocycles. The summed E-state index contributed by atoms with van der Waals surface area (Å²) in [6.45, 7) is 10.7. The summed E-state index contributed by atoms with van der Waals surface area (Å²) in [5, 5.41) is 42.5. The van der Waals surface area contributed by atoms with Crippen molar-refractivity contribution in [2.45, 2.75) is 13.8 Å². The summed E-state index contributed by atoms with van der Waals surface area (Å²) >= 11 is 3.73. The van der Waals surface area contributed by atoms with Gasteiger partial charge in [-0.1, -0.05) is 207 Å². The van der Waals surface area contributed by atoms with Crippen LogP contribution in [-0.2, 0) is 0 Å². The van der Waals surface area contributed by atoms with Crippen LogP contribution in [0, 0.1) is 0 Å². The van der Waals surface area contributed by atoms with Gasteiger partial charge in [0.15, 0.2) is 11.5 Å². The number of allylic oxidation sites excluding steroid dienone is 4. The van der Waals surface area contributed by atoms with Crippen LogP contribution >= 0.6 is 22.7 Å². The molecule has 0 aliphatic heterocycles. The second kappa shape index (κ2) is 28.5. The summed E-state index contributed by atoms with van der Waals surface area (Å²) < 4.78 is 5.16. The Labute approximate surface area is 550 Å². The number of aromatic hydroxyl groups is 4. The Hall–Kier alpha value is -11.6. The van der Waals surface area contributed by atoms with E-state index in [9.17, 15) is 0 Å². The molecule has 0 unspecified atom stereocenters. The first-order valence-corrected chi connectivity index (χ1v) is 32.2. The van der Waals surface area contributed by atoms with Gasteiger partial charge in [0.25, 0.3) is 0 Å². The van der Waals surface area contributed by atoms with E-state index in [4.69, 9.17) is 20.4 Å². The number of nitrogens with zero attached hydrogens (tertiary/aromatic N) is 3. The lowest BCUT2D eigenvalue weighted by atomic mass is 10.0. The molecule has 0 aliphatic carbocycles. The Morgan fingerprint density at radius 1 is 0.280 bits per heavy atom. The first kappa shape index (κ1) is 61.6. The summed E-state index contributed by atoms with van der Waals surface area (Å²) in [4.78, 5) is 7.21. The fraction of sp³-hybridized carbons (Fsp3) is 0.0238. The van der Waals surface area contributed by atoms with Gasteiger partial charge in [0.1, 0.15) is 0 Å². The van der Waals surface area contributed by atoms with E-state index in [-0.39, 0.29) is 0 Å². The monoisotopic (exact) mass is 1250 g/mol. The number of benzene rings is 13. The maximum atomic E-state index is 8.73. The molecule has 0 radical (unpaired) electrons. The van der Waals surface area contributed by atoms with Gasteiger partial charge < -0.3 is 35.1 Å². The highest BCUT2D eigenvalue weighted by atomic mass is 32.1. The molecule has 7 nitrogen and oxygen atoms in total. The van der Waals surface area contributed by atoms with Gasteiger partial charge in [0.05, 0.1) is 0 Å². The fourth-order valence-electron chi connectivity index (χ4n) is 11.4. The number of phenolic OH excluding ortho intramolecular Hbond substituents is 4. The molecule has 93 heavy (non-hydrogen) atoms. The third kappa shape index (κ3) is 13.3. The quantitative estimate of drug-likeness (QED) is 0.0419. The van der Waals surface area contributed by atoms with Gasteiger partial charge in [-0.15, -0.1) is 22.7 Å². The third-order valence-electron chi connectivity index (χ3n) is 16.0. The summed E-state index contributed by atoms with van der Waals surface area (Å²) in [5.74, 6) is -2.34. The van der Waals surface area contributed by atoms with Crippen molar-refractivity contribution in [2.75, 3.05) is 14.7 Å². The van der Waals surface area contributed by atoms with Crippen LogP contribution < -0.4 is 14.7 Å². The predicted molar refractivity (Wildman–Crippen MR) is 399 cm³/mol. The van der Waals surface area contributed by atoms with Crippen LogP contribution in [0.2, 0.25) is 0 Å². The minimum absolute atomic E-state index is 0.463. The Kier molecular flexibility index (Phi) is 18.9. The van der Waals surface area contributed by atoms with Crippen LogP contribution in [0.4, 0.5) is 51.2 Å². The van der Waals surface area contributed by atoms with Crippen molar-refractivity contribution in [1.82, 2.24) is 0 Å². The summed E-state index contributed by atoms with van der Waals surface area (Å²) in [6.07, 6.45) is 7.28. The average molecular weight is 1250 g/mol. The zero-order chi connectivity index (χ0) is 64.2. The molecule has 9 heteroatoms. The molecule has 15 rings (SSSR count). The molecule has 0 saturated heterocycles. The van der Waals surface area contributed by atoms with E-state index in [0.717, 1.165) is 63.3 Å². The molecule has 0 fully saturated rings. The first-order chi connectivity index (χ1) is 45.6. The molecular formula is C84H67N3O4S2. The Bertz CT molecular complexity index is 4980. The molecular weight excluding hydrogens is 1180 g/mol. The standard InChI is InChI=1S/C70H47N3S2.C6H6O4.C4H8.C4H6/c1-4-16-48(17-5-1)50-30-35-54(36-31-50)71(55-37-32-51(33-38-55)49-18-6-2-7-19-49)56-23-14-25-58(44-56)73(61-39-42-68-65(46-61)63-28-12-13-29-67(63)74-68)59-26-15-24-57(45-59)72(53-21-8-3-9-22-53)60-40-43-69-66(47-60)64-41-34-52-20-10-11-27-62(52)70(64)75-69;7-3-1-2-4(8)6(10)5(3)9;2*1-3-4-2/h1-47H;1-2,7-10H;3-4H,1-2H3;3-4H,1-2H2/b;;4-3-;. The molecule has 0 atom stereocenters. The number of rotatable bonds is 12. The Morgan fingerprint density at radius 3 is 1.13 bits per heavy atom. The molecule has 2 aromatic heterocycles. The minimum atomic E-state index is -0.708. The van der Waals surface area contributed by atoms with Crippen molar-refractivity contribution in [1.29, 1.82) is 0 Å². The molecule has 0 spiro atoms. The van der Waals surface area contributed by atoms with Crippen molar-refractivity contribution >= 4 is 125 Å². The highest BCUT2D eigenvalue weighted by molar-refractivity contribution is 7.26. The van der Waals surface area contributed by atoms with E-state index in [0.29, 0.717) is 0 Å². The lowest BCUT2D eigenvalue weighted by Crippen LogP contribution is -2.14. The summed E-state index contributed by atoms with van der Waals surface area (Å²) in [5.41, 5.74) is 14.3. The van der Waals surface area contributed by atoms with Gasteiger partial charge in [-0.3, -0.25) is 0 Å². The molecule has 13 aromatic carbocycles. The van der Waals surface area contributed by atoms with Gasteiger partial charge in [-0.25, -0.2) is 0 Å². The number of para-hydroxylation sites is 1. The fourth-order valence-corrected chi connectivity index (χ4v) is 13.7. The number of thiophene rings is 2. The lowest BCUT2D eigenvalue weighted by Gasteiger charge is -2.31. The van der Waals surface area contributed by atoms with Crippen LogP contribution in [0.5, 0.6) is 23.0 Å². The smallest absolute Gasteiger partial charge is 0.204 e. The highest BCUT2D eigenvalue weighted by Gasteiger charge is 2.22. The lowest BCUT2D eigenvalue weighted by molar-refractivity contribution is 0.346. The SMILES string of the molecule is C/C=C\C.C=CC=C.Oc1ccc(O)c(O)c1O.c1ccc(-c2ccc(N(c3ccc(-c4ccccc4)cc3)c3cccc(N(c4cccc(N(c5ccccc5)c5ccc6sc7c8ccccc8ccc7c6c5)c4)c4ccc5sc6ccccc6c5c4)c3)cc2)cc1. The van der Waals surface area contributed by atoms with Crippen LogP contribution in [-0.4, -0.2) is 20.4 Å². The molecule has 15 aromatic rings. The van der Waals surface area contributed by atoms with Gasteiger partial charge in [0, 0.05) is 91.5 Å². The van der Waals surface area contributed by atoms with Crippen molar-refractivity contribution in [3.8, 4) is 45.3 Å². The maximum Gasteiger partial charge on any atom is 0.204 e. The Balaban J connectivity index is 0.000000406. The van der Waals surface area contributed by atoms with E-state index in [2.05, 4.69) is 313 Å². The van der Waals surface area contributed by atoms with Crippen molar-refractivity contribution in [3.05, 3.63) is 335 Å². The van der Waals surface area contributed by atoms with Crippen LogP contribution in [0.25, 0.3) is 73.4 Å². The Morgan fingerprint density at radius 2 is 0.634 bits per heavy atom. The average Bonchev–Trinajstić information content (AvgIpc) is 1.72. The van der Waals surface area contributed by atoms with Gasteiger partial charge >= 0.3 is 0 Å². The molecule has 0 amide bonds. The van der Waals surface area contributed by atoms with Gasteiger partial charge in [-0.05, 0) is 174 Å². The van der Waals surface area contributed by atoms with Crippen molar-refractivity contribution < 1.29 is 20.4 Å². The second-order valence-electron chi connectivity index (χ2n) is 21.9. The van der Waals surface area contributed by atoms with E-state index in [1.807, 2.05) is 48.7 Å². The predicted octanol–water partition coefficient (Wildman–Crippen LogP) is 24.8. The summed E-state index contributed by atoms with van der Waals surface area (Å²) in [6, 6.07) is 106. The van der Waals surface area contributed by atoms with E-state index in [1.165, 1.54) is 73.4 Å². The van der Waals surface area contributed by atoms with Gasteiger partial charge in [0.2, 0.25) is 11.5 Å². The van der Waals surface area contributed by atoms with E-state index < -0.39 is 23.0 Å². The maximum absolute atomic E-state index is 8.73. The third-order valence-corrected chi connectivity index (χ3v) is 18.4. The number of phenols is 4. The van der Waals surface area contributed by atoms with E-state index >= 15 is 0 Å². The molecule has 0 bridgehead atoms. The first-order valence-electron chi connectivity index (χ1n) is 30.6. The minimum Gasteiger partial charge on any atom is -0.504 e. The van der Waals surface area contributed by atoms with Gasteiger partial charge in [-0.2, -0.15) is 0 Å². The molecule has 4 N–H and O–H groups in total. The highest BCUT2D eigenvalue weighted by Crippen LogP contribution is 2.48. The normalized spacial score (nSPS) is 10.9. The summed E-state index contributed by atoms with van der Waals surface area (Å²) in [7, 11) is 0. The zero-order valence-corrected chi connectivity index (χ0v) is 53.1. The molecule has 454 valence electrons. The number of hydrogen-bond donors (Lipinski definition) is 4. The number of hydrogen-bond acceptors (Lipinski definition) is 9. The van der Waals surface area contributed by atoms with Crippen molar-refractivity contribution in [2.24, 2.45) is 0 Å².